The first-order chi connectivity index (χ1) is 7.72. The van der Waals surface area contributed by atoms with Crippen molar-refractivity contribution in [3.05, 3.63) is 29.8 Å². The van der Waals surface area contributed by atoms with Gasteiger partial charge in [0.1, 0.15) is 12.4 Å². The average molecular weight is 219 g/mol. The second-order valence-corrected chi connectivity index (χ2v) is 3.13. The Labute approximate surface area is 93.8 Å². The Balaban J connectivity index is 2.22. The summed E-state index contributed by atoms with van der Waals surface area (Å²) >= 11 is 0. The number of hydrogen-bond donors (Lipinski definition) is 2. The van der Waals surface area contributed by atoms with Crippen LogP contribution in [0.5, 0.6) is 5.75 Å². The molecule has 1 amide bonds. The Morgan fingerprint density at radius 1 is 1.44 bits per heavy atom. The van der Waals surface area contributed by atoms with Crippen molar-refractivity contribution < 1.29 is 9.53 Å². The van der Waals surface area contributed by atoms with Gasteiger partial charge in [-0.3, -0.25) is 4.79 Å². The van der Waals surface area contributed by atoms with Crippen LogP contribution >= 0.6 is 0 Å². The Hall–Kier alpha value is -2.06. The predicted octanol–water partition coefficient (Wildman–Crippen LogP) is 0.0120. The van der Waals surface area contributed by atoms with Gasteiger partial charge in [0.2, 0.25) is 5.91 Å². The number of nitrogens with one attached hydrogen (secondary N) is 1. The molecule has 1 rings (SSSR count). The number of primary amides is 1. The lowest BCUT2D eigenvalue weighted by atomic mass is 10.2. The number of amides is 1. The number of benzene rings is 1. The van der Waals surface area contributed by atoms with E-state index in [1.807, 2.05) is 6.07 Å². The number of hydrogen-bond acceptors (Lipinski definition) is 4. The molecule has 0 aromatic heterocycles. The summed E-state index contributed by atoms with van der Waals surface area (Å²) in [5.74, 6) is 0.304. The molecule has 1 aromatic rings. The molecule has 1 aromatic carbocycles. The molecule has 5 nitrogen and oxygen atoms in total. The highest BCUT2D eigenvalue weighted by atomic mass is 16.5. The van der Waals surface area contributed by atoms with Crippen LogP contribution in [0.1, 0.15) is 5.56 Å². The molecule has 0 fully saturated rings. The molecule has 0 aliphatic carbocycles. The van der Waals surface area contributed by atoms with E-state index in [9.17, 15) is 4.79 Å². The quantitative estimate of drug-likeness (QED) is 0.660. The fourth-order valence-electron chi connectivity index (χ4n) is 1.08. The minimum absolute atomic E-state index is 0.150. The lowest BCUT2D eigenvalue weighted by molar-refractivity contribution is -0.117. The molecule has 0 aliphatic rings. The lowest BCUT2D eigenvalue weighted by Crippen LogP contribution is -2.31. The summed E-state index contributed by atoms with van der Waals surface area (Å²) in [6, 6.07) is 8.85. The molecule has 0 saturated carbocycles. The van der Waals surface area contributed by atoms with E-state index >= 15 is 0 Å². The van der Waals surface area contributed by atoms with Crippen molar-refractivity contribution in [1.29, 1.82) is 5.26 Å². The third-order valence-electron chi connectivity index (χ3n) is 1.83. The first-order valence-corrected chi connectivity index (χ1v) is 4.84. The lowest BCUT2D eigenvalue weighted by Gasteiger charge is -2.06. The van der Waals surface area contributed by atoms with Gasteiger partial charge in [-0.1, -0.05) is 0 Å². The van der Waals surface area contributed by atoms with Crippen molar-refractivity contribution in [2.45, 2.75) is 0 Å². The maximum Gasteiger partial charge on any atom is 0.231 e. The highest BCUT2D eigenvalue weighted by Crippen LogP contribution is 2.10. The molecular weight excluding hydrogens is 206 g/mol. The highest BCUT2D eigenvalue weighted by Gasteiger charge is 1.95. The summed E-state index contributed by atoms with van der Waals surface area (Å²) < 4.78 is 5.36. The zero-order valence-electron chi connectivity index (χ0n) is 8.77. The summed E-state index contributed by atoms with van der Waals surface area (Å²) in [6.07, 6.45) is 0. The zero-order valence-corrected chi connectivity index (χ0v) is 8.77. The average Bonchev–Trinajstić information content (AvgIpc) is 2.29. The van der Waals surface area contributed by atoms with Crippen LogP contribution in [0, 0.1) is 11.3 Å². The SMILES string of the molecule is N#Cc1ccc(OCCNCC(N)=O)cc1. The van der Waals surface area contributed by atoms with Gasteiger partial charge >= 0.3 is 0 Å². The van der Waals surface area contributed by atoms with E-state index in [1.165, 1.54) is 0 Å². The van der Waals surface area contributed by atoms with Crippen molar-refractivity contribution in [2.24, 2.45) is 5.73 Å². The fraction of sp³-hybridized carbons (Fsp3) is 0.273. The maximum atomic E-state index is 10.4. The Bertz CT molecular complexity index is 381. The third-order valence-corrected chi connectivity index (χ3v) is 1.83. The Morgan fingerprint density at radius 3 is 2.69 bits per heavy atom. The largest absolute Gasteiger partial charge is 0.492 e. The fourth-order valence-corrected chi connectivity index (χ4v) is 1.08. The van der Waals surface area contributed by atoms with Crippen molar-refractivity contribution in [2.75, 3.05) is 19.7 Å². The number of carbonyl (C=O) groups excluding carboxylic acids is 1. The third kappa shape index (κ3) is 4.44. The van der Waals surface area contributed by atoms with Gasteiger partial charge in [0, 0.05) is 6.54 Å². The summed E-state index contributed by atoms with van der Waals surface area (Å²) in [6.45, 7) is 1.14. The van der Waals surface area contributed by atoms with E-state index < -0.39 is 5.91 Å². The standard InChI is InChI=1S/C11H13N3O2/c12-7-9-1-3-10(4-2-9)16-6-5-14-8-11(13)15/h1-4,14H,5-6,8H2,(H2,13,15). The normalized spacial score (nSPS) is 9.44. The number of nitrogens with two attached hydrogens (primary N) is 1. The van der Waals surface area contributed by atoms with Crippen LogP contribution in [-0.4, -0.2) is 25.6 Å². The van der Waals surface area contributed by atoms with Gasteiger partial charge in [0.25, 0.3) is 0 Å². The minimum atomic E-state index is -0.390. The van der Waals surface area contributed by atoms with Gasteiger partial charge in [0.15, 0.2) is 0 Å². The van der Waals surface area contributed by atoms with E-state index in [4.69, 9.17) is 15.7 Å². The van der Waals surface area contributed by atoms with Crippen molar-refractivity contribution in [3.8, 4) is 11.8 Å². The van der Waals surface area contributed by atoms with E-state index in [1.54, 1.807) is 24.3 Å². The van der Waals surface area contributed by atoms with Crippen molar-refractivity contribution >= 4 is 5.91 Å². The van der Waals surface area contributed by atoms with Crippen LogP contribution < -0.4 is 15.8 Å². The molecule has 5 heteroatoms. The molecule has 0 spiro atoms. The first-order valence-electron chi connectivity index (χ1n) is 4.84. The molecular formula is C11H13N3O2. The van der Waals surface area contributed by atoms with Crippen LogP contribution in [0.2, 0.25) is 0 Å². The van der Waals surface area contributed by atoms with E-state index in [0.29, 0.717) is 24.5 Å². The van der Waals surface area contributed by atoms with E-state index in [0.717, 1.165) is 0 Å². The van der Waals surface area contributed by atoms with Crippen LogP contribution in [0.15, 0.2) is 24.3 Å². The first kappa shape index (κ1) is 12.0. The predicted molar refractivity (Wildman–Crippen MR) is 58.7 cm³/mol. The minimum Gasteiger partial charge on any atom is -0.492 e. The van der Waals surface area contributed by atoms with Gasteiger partial charge in [-0.25, -0.2) is 0 Å². The molecule has 0 bridgehead atoms. The summed E-state index contributed by atoms with van der Waals surface area (Å²) in [5.41, 5.74) is 5.54. The highest BCUT2D eigenvalue weighted by molar-refractivity contribution is 5.75. The molecule has 3 N–H and O–H groups in total. The number of nitrogens with zero attached hydrogens (tertiary/aromatic N) is 1. The molecule has 0 heterocycles. The molecule has 0 atom stereocenters. The number of ether oxygens (including phenoxy) is 1. The molecule has 16 heavy (non-hydrogen) atoms. The number of nitriles is 1. The van der Waals surface area contributed by atoms with Gasteiger partial charge in [-0.2, -0.15) is 5.26 Å². The molecule has 0 aliphatic heterocycles. The summed E-state index contributed by atoms with van der Waals surface area (Å²) in [5, 5.41) is 11.4. The van der Waals surface area contributed by atoms with Gasteiger partial charge in [0.05, 0.1) is 18.2 Å². The number of carbonyl (C=O) groups is 1. The Morgan fingerprint density at radius 2 is 2.12 bits per heavy atom. The zero-order chi connectivity index (χ0) is 11.8. The second kappa shape index (κ2) is 6.43. The van der Waals surface area contributed by atoms with Crippen LogP contribution in [0.25, 0.3) is 0 Å². The molecule has 0 saturated heterocycles. The Kier molecular flexibility index (Phi) is 4.83. The topological polar surface area (TPSA) is 88.1 Å². The number of rotatable bonds is 6. The second-order valence-electron chi connectivity index (χ2n) is 3.13. The van der Waals surface area contributed by atoms with Gasteiger partial charge in [-0.05, 0) is 24.3 Å². The molecule has 0 radical (unpaired) electrons. The summed E-state index contributed by atoms with van der Waals surface area (Å²) in [7, 11) is 0. The summed E-state index contributed by atoms with van der Waals surface area (Å²) in [4.78, 5) is 10.4. The van der Waals surface area contributed by atoms with Crippen LogP contribution in [-0.2, 0) is 4.79 Å². The van der Waals surface area contributed by atoms with E-state index in [2.05, 4.69) is 5.32 Å². The van der Waals surface area contributed by atoms with Gasteiger partial charge in [-0.15, -0.1) is 0 Å². The van der Waals surface area contributed by atoms with Crippen LogP contribution in [0.4, 0.5) is 0 Å². The molecule has 84 valence electrons. The smallest absolute Gasteiger partial charge is 0.231 e. The maximum absolute atomic E-state index is 10.4. The van der Waals surface area contributed by atoms with Crippen molar-refractivity contribution in [3.63, 3.8) is 0 Å². The monoisotopic (exact) mass is 219 g/mol. The van der Waals surface area contributed by atoms with Gasteiger partial charge < -0.3 is 15.8 Å². The molecule has 0 unspecified atom stereocenters. The van der Waals surface area contributed by atoms with Crippen LogP contribution in [0.3, 0.4) is 0 Å². The van der Waals surface area contributed by atoms with Crippen molar-refractivity contribution in [1.82, 2.24) is 5.32 Å². The van der Waals surface area contributed by atoms with E-state index in [-0.39, 0.29) is 6.54 Å².